The molecule has 1 amide bonds. The first-order valence-corrected chi connectivity index (χ1v) is 15.2. The van der Waals surface area contributed by atoms with Crippen molar-refractivity contribution in [1.82, 2.24) is 20.1 Å². The van der Waals surface area contributed by atoms with E-state index in [1.165, 1.54) is 5.56 Å². The Morgan fingerprint density at radius 3 is 2.23 bits per heavy atom. The number of carbonyl (C=O) groups excluding carboxylic acids is 1. The second-order valence-electron chi connectivity index (χ2n) is 11.4. The highest BCUT2D eigenvalue weighted by Crippen LogP contribution is 2.33. The average molecular weight is 596 g/mol. The van der Waals surface area contributed by atoms with Gasteiger partial charge in [-0.15, -0.1) is 10.2 Å². The fourth-order valence-corrected chi connectivity index (χ4v) is 6.36. The quantitative estimate of drug-likeness (QED) is 0.176. The molecule has 0 aliphatic carbocycles. The lowest BCUT2D eigenvalue weighted by molar-refractivity contribution is -0.122. The van der Waals surface area contributed by atoms with Crippen LogP contribution in [0.5, 0.6) is 0 Å². The lowest BCUT2D eigenvalue weighted by atomic mass is 9.84. The molecule has 0 bridgehead atoms. The molecule has 0 aliphatic heterocycles. The fraction of sp³-hybridized carbons (Fsp3) is 0.344. The molecular weight excluding hydrogens is 559 g/mol. The van der Waals surface area contributed by atoms with Crippen LogP contribution in [0.4, 0.5) is 0 Å². The Hall–Kier alpha value is -2.80. The number of halogens is 2. The molecule has 0 spiro atoms. The number of nitrogens with zero attached hydrogens (tertiary/aromatic N) is 3. The molecule has 3 aromatic carbocycles. The van der Waals surface area contributed by atoms with E-state index in [0.29, 0.717) is 39.6 Å². The van der Waals surface area contributed by atoms with E-state index in [1.54, 1.807) is 23.9 Å². The van der Waals surface area contributed by atoms with Gasteiger partial charge in [0.2, 0.25) is 5.91 Å². The first-order chi connectivity index (χ1) is 19.1. The molecule has 5 nitrogen and oxygen atoms in total. The van der Waals surface area contributed by atoms with Crippen molar-refractivity contribution in [3.05, 3.63) is 106 Å². The number of hydrogen-bond donors (Lipinski definition) is 1. The number of thioether (sulfide) groups is 1. The van der Waals surface area contributed by atoms with Gasteiger partial charge in [-0.25, -0.2) is 0 Å². The summed E-state index contributed by atoms with van der Waals surface area (Å²) in [5.41, 5.74) is 3.13. The topological polar surface area (TPSA) is 59.8 Å². The van der Waals surface area contributed by atoms with E-state index in [2.05, 4.69) is 67.5 Å². The van der Waals surface area contributed by atoms with Crippen LogP contribution in [0.3, 0.4) is 0 Å². The summed E-state index contributed by atoms with van der Waals surface area (Å²) in [5.74, 6) is 1.58. The van der Waals surface area contributed by atoms with Crippen LogP contribution < -0.4 is 5.32 Å². The standard InChI is InChI=1S/C32H36Cl2N4OS/c1-22(20-32(2,3)4)17-29(39)35-27(18-23-11-7-5-8-12-23)30-36-37-31(40-21-24-13-9-6-10-14-24)38(30)28-16-15-25(33)19-26(28)34/h5-16,19,22,27H,17-18,20-21H2,1-4H3,(H,35,39). The maximum absolute atomic E-state index is 13.4. The molecule has 8 heteroatoms. The third-order valence-corrected chi connectivity index (χ3v) is 7.98. The molecule has 1 aromatic heterocycles. The highest BCUT2D eigenvalue weighted by Gasteiger charge is 2.27. The fourth-order valence-electron chi connectivity index (χ4n) is 4.96. The lowest BCUT2D eigenvalue weighted by Crippen LogP contribution is -2.33. The highest BCUT2D eigenvalue weighted by atomic mass is 35.5. The van der Waals surface area contributed by atoms with Gasteiger partial charge in [0, 0.05) is 17.2 Å². The molecule has 1 N–H and O–H groups in total. The maximum atomic E-state index is 13.4. The Morgan fingerprint density at radius 1 is 0.950 bits per heavy atom. The number of carbonyl (C=O) groups is 1. The van der Waals surface area contributed by atoms with E-state index in [9.17, 15) is 4.79 Å². The van der Waals surface area contributed by atoms with Crippen LogP contribution in [0.15, 0.2) is 84.0 Å². The second kappa shape index (κ2) is 13.7. The van der Waals surface area contributed by atoms with E-state index in [-0.39, 0.29) is 17.2 Å². The zero-order valence-corrected chi connectivity index (χ0v) is 25.7. The molecule has 2 unspecified atom stereocenters. The van der Waals surface area contributed by atoms with Gasteiger partial charge in [-0.05, 0) is 53.5 Å². The smallest absolute Gasteiger partial charge is 0.220 e. The molecule has 0 saturated carbocycles. The van der Waals surface area contributed by atoms with Crippen molar-refractivity contribution in [2.45, 2.75) is 63.9 Å². The van der Waals surface area contributed by atoms with Crippen molar-refractivity contribution in [1.29, 1.82) is 0 Å². The van der Waals surface area contributed by atoms with Crippen molar-refractivity contribution >= 4 is 40.9 Å². The number of aromatic nitrogens is 3. The summed E-state index contributed by atoms with van der Waals surface area (Å²) in [5, 5.41) is 14.2. The highest BCUT2D eigenvalue weighted by molar-refractivity contribution is 7.98. The van der Waals surface area contributed by atoms with Crippen LogP contribution in [0.25, 0.3) is 5.69 Å². The minimum Gasteiger partial charge on any atom is -0.346 e. The van der Waals surface area contributed by atoms with Crippen molar-refractivity contribution in [2.75, 3.05) is 0 Å². The summed E-state index contributed by atoms with van der Waals surface area (Å²) in [7, 11) is 0. The summed E-state index contributed by atoms with van der Waals surface area (Å²) in [6, 6.07) is 25.3. The van der Waals surface area contributed by atoms with E-state index in [0.717, 1.165) is 17.7 Å². The molecule has 4 aromatic rings. The molecular formula is C32H36Cl2N4OS. The van der Waals surface area contributed by atoms with Gasteiger partial charge in [0.15, 0.2) is 11.0 Å². The van der Waals surface area contributed by atoms with Gasteiger partial charge in [0.1, 0.15) is 0 Å². The first-order valence-electron chi connectivity index (χ1n) is 13.5. The van der Waals surface area contributed by atoms with Crippen LogP contribution in [0.2, 0.25) is 10.0 Å². The van der Waals surface area contributed by atoms with Crippen molar-refractivity contribution < 1.29 is 4.79 Å². The molecule has 1 heterocycles. The Balaban J connectivity index is 1.71. The summed E-state index contributed by atoms with van der Waals surface area (Å²) in [6.45, 7) is 8.73. The third-order valence-electron chi connectivity index (χ3n) is 6.44. The lowest BCUT2D eigenvalue weighted by Gasteiger charge is -2.24. The number of rotatable bonds is 11. The van der Waals surface area contributed by atoms with Crippen molar-refractivity contribution in [2.24, 2.45) is 11.3 Å². The molecule has 210 valence electrons. The SMILES string of the molecule is CC(CC(=O)NC(Cc1ccccc1)c1nnc(SCc2ccccc2)n1-c1ccc(Cl)cc1Cl)CC(C)(C)C. The second-order valence-corrected chi connectivity index (χ2v) is 13.2. The van der Waals surface area contributed by atoms with Gasteiger partial charge in [-0.3, -0.25) is 9.36 Å². The van der Waals surface area contributed by atoms with Gasteiger partial charge in [-0.2, -0.15) is 0 Å². The Morgan fingerprint density at radius 2 is 1.60 bits per heavy atom. The van der Waals surface area contributed by atoms with Gasteiger partial charge in [-0.1, -0.05) is 123 Å². The number of amides is 1. The molecule has 0 aliphatic rings. The van der Waals surface area contributed by atoms with Crippen LogP contribution in [0.1, 0.15) is 63.5 Å². The van der Waals surface area contributed by atoms with Gasteiger partial charge in [0.25, 0.3) is 0 Å². The van der Waals surface area contributed by atoms with E-state index in [1.807, 2.05) is 47.0 Å². The molecule has 4 rings (SSSR count). The molecule has 0 radical (unpaired) electrons. The number of benzene rings is 3. The Kier molecular flexibility index (Phi) is 10.3. The minimum atomic E-state index is -0.415. The Labute approximate surface area is 251 Å². The van der Waals surface area contributed by atoms with Crippen LogP contribution in [-0.2, 0) is 17.0 Å². The normalized spacial score (nSPS) is 13.2. The van der Waals surface area contributed by atoms with Gasteiger partial charge < -0.3 is 5.32 Å². The van der Waals surface area contributed by atoms with E-state index >= 15 is 0 Å². The first kappa shape index (κ1) is 30.2. The predicted molar refractivity (Wildman–Crippen MR) is 166 cm³/mol. The van der Waals surface area contributed by atoms with Crippen LogP contribution in [-0.4, -0.2) is 20.7 Å². The maximum Gasteiger partial charge on any atom is 0.220 e. The zero-order valence-electron chi connectivity index (χ0n) is 23.4. The minimum absolute atomic E-state index is 0.00655. The van der Waals surface area contributed by atoms with Gasteiger partial charge >= 0.3 is 0 Å². The molecule has 0 saturated heterocycles. The number of hydrogen-bond acceptors (Lipinski definition) is 4. The molecule has 2 atom stereocenters. The van der Waals surface area contributed by atoms with E-state index < -0.39 is 6.04 Å². The summed E-state index contributed by atoms with van der Waals surface area (Å²) in [6.07, 6.45) is 1.96. The van der Waals surface area contributed by atoms with E-state index in [4.69, 9.17) is 23.2 Å². The molecule has 40 heavy (non-hydrogen) atoms. The monoisotopic (exact) mass is 594 g/mol. The molecule has 0 fully saturated rings. The summed E-state index contributed by atoms with van der Waals surface area (Å²) < 4.78 is 1.96. The summed E-state index contributed by atoms with van der Waals surface area (Å²) in [4.78, 5) is 13.4. The zero-order chi connectivity index (χ0) is 28.7. The average Bonchev–Trinajstić information content (AvgIpc) is 3.30. The largest absolute Gasteiger partial charge is 0.346 e. The number of nitrogens with one attached hydrogen (secondary N) is 1. The van der Waals surface area contributed by atoms with Gasteiger partial charge in [0.05, 0.1) is 16.8 Å². The van der Waals surface area contributed by atoms with Crippen molar-refractivity contribution in [3.8, 4) is 5.69 Å². The predicted octanol–water partition coefficient (Wildman–Crippen LogP) is 8.73. The Bertz CT molecular complexity index is 1400. The van der Waals surface area contributed by atoms with Crippen LogP contribution in [0, 0.1) is 11.3 Å². The van der Waals surface area contributed by atoms with Crippen molar-refractivity contribution in [3.63, 3.8) is 0 Å². The summed E-state index contributed by atoms with van der Waals surface area (Å²) >= 11 is 14.5. The third kappa shape index (κ3) is 8.60. The van der Waals surface area contributed by atoms with Crippen LogP contribution >= 0.6 is 35.0 Å².